The Morgan fingerprint density at radius 1 is 1.36 bits per heavy atom. The van der Waals surface area contributed by atoms with Gasteiger partial charge in [-0.05, 0) is 38.0 Å². The molecule has 1 aromatic carbocycles. The average molecular weight is 320 g/mol. The molecule has 2 N–H and O–H groups in total. The van der Waals surface area contributed by atoms with Crippen molar-refractivity contribution < 1.29 is 9.00 Å². The fraction of sp³-hybridized carbons (Fsp3) is 0.375. The summed E-state index contributed by atoms with van der Waals surface area (Å²) in [4.78, 5) is 27.7. The molecule has 5 nitrogen and oxygen atoms in total. The second-order valence-corrected chi connectivity index (χ2v) is 7.36. The molecule has 0 spiro atoms. The maximum Gasteiger partial charge on any atom is 0.256 e. The first kappa shape index (κ1) is 16.4. The van der Waals surface area contributed by atoms with Gasteiger partial charge in [0.1, 0.15) is 5.56 Å². The number of carbonyl (C=O) groups excluding carboxylic acids is 1. The highest BCUT2D eigenvalue weighted by molar-refractivity contribution is 7.84. The number of aromatic amines is 1. The molecule has 1 heterocycles. The van der Waals surface area contributed by atoms with Gasteiger partial charge in [0.15, 0.2) is 0 Å². The topological polar surface area (TPSA) is 79.0 Å². The summed E-state index contributed by atoms with van der Waals surface area (Å²) in [5.41, 5.74) is 2.47. The van der Waals surface area contributed by atoms with Crippen LogP contribution in [-0.2, 0) is 10.8 Å². The number of hydrogen-bond acceptors (Lipinski definition) is 3. The van der Waals surface area contributed by atoms with Crippen molar-refractivity contribution >= 4 is 27.6 Å². The number of benzene rings is 1. The second kappa shape index (κ2) is 6.44. The Morgan fingerprint density at radius 2 is 2.05 bits per heavy atom. The Bertz CT molecular complexity index is 811. The predicted molar refractivity (Wildman–Crippen MR) is 89.9 cm³/mol. The molecule has 0 aliphatic carbocycles. The van der Waals surface area contributed by atoms with Gasteiger partial charge in [0.2, 0.25) is 5.43 Å². The maximum absolute atomic E-state index is 12.5. The minimum absolute atomic E-state index is 0.0755. The summed E-state index contributed by atoms with van der Waals surface area (Å²) in [5, 5.41) is 3.01. The van der Waals surface area contributed by atoms with Crippen molar-refractivity contribution in [2.24, 2.45) is 0 Å². The highest BCUT2D eigenvalue weighted by Crippen LogP contribution is 2.15. The number of aromatic nitrogens is 1. The van der Waals surface area contributed by atoms with Crippen LogP contribution in [0.3, 0.4) is 0 Å². The summed E-state index contributed by atoms with van der Waals surface area (Å²) in [6.07, 6.45) is 3.03. The second-order valence-electron chi connectivity index (χ2n) is 5.56. The average Bonchev–Trinajstić information content (AvgIpc) is 2.45. The van der Waals surface area contributed by atoms with E-state index in [0.29, 0.717) is 5.39 Å². The van der Waals surface area contributed by atoms with E-state index in [1.165, 1.54) is 6.20 Å². The lowest BCUT2D eigenvalue weighted by Gasteiger charge is -2.10. The number of hydrogen-bond donors (Lipinski definition) is 2. The van der Waals surface area contributed by atoms with Gasteiger partial charge in [0.05, 0.1) is 5.52 Å². The summed E-state index contributed by atoms with van der Waals surface area (Å²) in [6.45, 7) is 5.89. The predicted octanol–water partition coefficient (Wildman–Crippen LogP) is 1.64. The minimum Gasteiger partial charge on any atom is -0.360 e. The Balaban J connectivity index is 2.36. The summed E-state index contributed by atoms with van der Waals surface area (Å²) < 4.78 is 11.3. The van der Waals surface area contributed by atoms with Crippen molar-refractivity contribution in [1.29, 1.82) is 0 Å². The van der Waals surface area contributed by atoms with Gasteiger partial charge in [0.25, 0.3) is 5.91 Å². The number of pyridine rings is 1. The van der Waals surface area contributed by atoms with Crippen LogP contribution in [0.15, 0.2) is 23.1 Å². The Morgan fingerprint density at radius 3 is 2.68 bits per heavy atom. The molecule has 22 heavy (non-hydrogen) atoms. The lowest BCUT2D eigenvalue weighted by atomic mass is 10.0. The maximum atomic E-state index is 12.5. The molecule has 0 fully saturated rings. The zero-order valence-corrected chi connectivity index (χ0v) is 14.0. The molecule has 2 aromatic rings. The number of rotatable bonds is 4. The minimum atomic E-state index is -1.02. The molecular weight excluding hydrogens is 300 g/mol. The third kappa shape index (κ3) is 3.27. The van der Waals surface area contributed by atoms with E-state index in [9.17, 15) is 13.8 Å². The van der Waals surface area contributed by atoms with Crippen LogP contribution in [0.25, 0.3) is 10.9 Å². The van der Waals surface area contributed by atoms with Crippen molar-refractivity contribution in [3.8, 4) is 0 Å². The van der Waals surface area contributed by atoms with E-state index in [-0.39, 0.29) is 22.8 Å². The molecule has 0 aliphatic heterocycles. The van der Waals surface area contributed by atoms with Gasteiger partial charge >= 0.3 is 0 Å². The van der Waals surface area contributed by atoms with Crippen LogP contribution in [-0.4, -0.2) is 33.2 Å². The van der Waals surface area contributed by atoms with Crippen LogP contribution >= 0.6 is 0 Å². The van der Waals surface area contributed by atoms with E-state index in [0.717, 1.165) is 16.6 Å². The van der Waals surface area contributed by atoms with E-state index in [1.807, 2.05) is 19.9 Å². The fourth-order valence-corrected chi connectivity index (χ4v) is 2.63. The van der Waals surface area contributed by atoms with Gasteiger partial charge in [0, 0.05) is 40.4 Å². The van der Waals surface area contributed by atoms with Crippen LogP contribution in [0.1, 0.15) is 28.4 Å². The van der Waals surface area contributed by atoms with E-state index in [4.69, 9.17) is 0 Å². The largest absolute Gasteiger partial charge is 0.360 e. The van der Waals surface area contributed by atoms with E-state index >= 15 is 0 Å². The first-order valence-electron chi connectivity index (χ1n) is 7.04. The quantitative estimate of drug-likeness (QED) is 0.899. The molecule has 118 valence electrons. The molecule has 2 rings (SSSR count). The van der Waals surface area contributed by atoms with Crippen LogP contribution in [0, 0.1) is 13.8 Å². The highest BCUT2D eigenvalue weighted by Gasteiger charge is 2.15. The normalized spacial score (nSPS) is 13.8. The van der Waals surface area contributed by atoms with Crippen molar-refractivity contribution in [1.82, 2.24) is 10.3 Å². The van der Waals surface area contributed by atoms with E-state index < -0.39 is 16.7 Å². The summed E-state index contributed by atoms with van der Waals surface area (Å²) >= 11 is 0. The molecule has 2 atom stereocenters. The van der Waals surface area contributed by atoms with Crippen molar-refractivity contribution in [3.05, 3.63) is 45.2 Å². The third-order valence-corrected chi connectivity index (χ3v) is 4.99. The molecule has 0 saturated heterocycles. The molecule has 1 aromatic heterocycles. The molecule has 6 heteroatoms. The fourth-order valence-electron chi connectivity index (χ4n) is 2.31. The summed E-state index contributed by atoms with van der Waals surface area (Å²) in [5.74, 6) is -0.445. The van der Waals surface area contributed by atoms with Crippen LogP contribution in [0.5, 0.6) is 0 Å². The van der Waals surface area contributed by atoms with Crippen molar-refractivity contribution in [2.75, 3.05) is 12.8 Å². The van der Waals surface area contributed by atoms with Crippen molar-refractivity contribution in [2.45, 2.75) is 26.0 Å². The van der Waals surface area contributed by atoms with E-state index in [2.05, 4.69) is 10.3 Å². The monoisotopic (exact) mass is 320 g/mol. The molecule has 0 saturated carbocycles. The summed E-state index contributed by atoms with van der Waals surface area (Å²) in [6, 6.07) is 3.76. The lowest BCUT2D eigenvalue weighted by molar-refractivity contribution is 0.0953. The van der Waals surface area contributed by atoms with Gasteiger partial charge in [-0.3, -0.25) is 13.8 Å². The summed E-state index contributed by atoms with van der Waals surface area (Å²) in [7, 11) is -1.02. The zero-order valence-electron chi connectivity index (χ0n) is 13.1. The molecule has 0 radical (unpaired) electrons. The number of fused-ring (bicyclic) bond motifs is 1. The van der Waals surface area contributed by atoms with Crippen molar-refractivity contribution in [3.63, 3.8) is 0 Å². The smallest absolute Gasteiger partial charge is 0.256 e. The number of carbonyl (C=O) groups is 1. The first-order chi connectivity index (χ1) is 10.3. The molecule has 0 unspecified atom stereocenters. The SMILES string of the molecule is Cc1cc(C)c2[nH]cc(C(=O)NC[C@@H](C)[S@](C)=O)c(=O)c2c1. The van der Waals surface area contributed by atoms with Gasteiger partial charge in [-0.15, -0.1) is 0 Å². The first-order valence-corrected chi connectivity index (χ1v) is 8.66. The zero-order chi connectivity index (χ0) is 16.4. The van der Waals surface area contributed by atoms with Gasteiger partial charge in [-0.25, -0.2) is 0 Å². The Hall–Kier alpha value is -1.95. The number of amides is 1. The van der Waals surface area contributed by atoms with Crippen LogP contribution in [0.2, 0.25) is 0 Å². The van der Waals surface area contributed by atoms with Gasteiger partial charge in [-0.2, -0.15) is 0 Å². The highest BCUT2D eigenvalue weighted by atomic mass is 32.2. The van der Waals surface area contributed by atoms with Gasteiger partial charge in [-0.1, -0.05) is 6.07 Å². The third-order valence-electron chi connectivity index (χ3n) is 3.69. The Labute approximate surface area is 131 Å². The standard InChI is InChI=1S/C16H20N2O3S/c1-9-5-10(2)14-12(6-9)15(19)13(8-17-14)16(20)18-7-11(3)22(4)21/h5-6,8,11H,7H2,1-4H3,(H,17,19)(H,18,20)/t11-,22+/m1/s1. The number of H-pyrrole nitrogens is 1. The Kier molecular flexibility index (Phi) is 4.81. The van der Waals surface area contributed by atoms with Gasteiger partial charge < -0.3 is 10.3 Å². The number of nitrogens with one attached hydrogen (secondary N) is 2. The molecule has 0 aliphatic rings. The number of aryl methyl sites for hydroxylation is 2. The van der Waals surface area contributed by atoms with Crippen LogP contribution in [0.4, 0.5) is 0 Å². The molecule has 1 amide bonds. The molecule has 0 bridgehead atoms. The lowest BCUT2D eigenvalue weighted by Crippen LogP contribution is -2.35. The van der Waals surface area contributed by atoms with E-state index in [1.54, 1.807) is 19.2 Å². The van der Waals surface area contributed by atoms with Crippen LogP contribution < -0.4 is 10.7 Å². The molecular formula is C16H20N2O3S.